The summed E-state index contributed by atoms with van der Waals surface area (Å²) < 4.78 is 16.6. The van der Waals surface area contributed by atoms with Gasteiger partial charge in [-0.3, -0.25) is 10.1 Å². The first-order chi connectivity index (χ1) is 14.2. The predicted molar refractivity (Wildman–Crippen MR) is 111 cm³/mol. The van der Waals surface area contributed by atoms with Crippen LogP contribution in [0.4, 0.5) is 0 Å². The number of carbonyl (C=O) groups is 1. The lowest BCUT2D eigenvalue weighted by atomic mass is 10.2. The van der Waals surface area contributed by atoms with Gasteiger partial charge in [0.15, 0.2) is 11.5 Å². The van der Waals surface area contributed by atoms with E-state index in [-0.39, 0.29) is 18.5 Å². The quantitative estimate of drug-likeness (QED) is 0.547. The second-order valence-corrected chi connectivity index (χ2v) is 6.65. The molecular weight excluding hydrogens is 368 g/mol. The molecular formula is C23H26N2O4. The lowest BCUT2D eigenvalue weighted by molar-refractivity contribution is -0.120. The average molecular weight is 394 g/mol. The van der Waals surface area contributed by atoms with Crippen LogP contribution in [0.3, 0.4) is 0 Å². The molecule has 0 spiro atoms. The molecule has 2 aromatic carbocycles. The van der Waals surface area contributed by atoms with Gasteiger partial charge >= 0.3 is 0 Å². The van der Waals surface area contributed by atoms with Crippen molar-refractivity contribution in [1.82, 2.24) is 10.6 Å². The van der Waals surface area contributed by atoms with Crippen molar-refractivity contribution < 1.29 is 18.7 Å². The van der Waals surface area contributed by atoms with Gasteiger partial charge in [-0.15, -0.1) is 0 Å². The minimum Gasteiger partial charge on any atom is -0.493 e. The first kappa shape index (κ1) is 20.5. The molecule has 0 aliphatic carbocycles. The number of carbonyl (C=O) groups excluding carboxylic acids is 1. The third-order valence-electron chi connectivity index (χ3n) is 4.49. The molecule has 0 bridgehead atoms. The molecule has 3 aromatic rings. The largest absolute Gasteiger partial charge is 0.493 e. The Balaban J connectivity index is 1.48. The molecule has 6 nitrogen and oxygen atoms in total. The van der Waals surface area contributed by atoms with E-state index in [2.05, 4.69) is 10.6 Å². The van der Waals surface area contributed by atoms with Crippen LogP contribution in [0.1, 0.15) is 29.9 Å². The number of methoxy groups -OCH3 is 1. The molecule has 1 heterocycles. The lowest BCUT2D eigenvalue weighted by Crippen LogP contribution is -2.34. The molecule has 0 aliphatic rings. The highest BCUT2D eigenvalue weighted by atomic mass is 16.5. The van der Waals surface area contributed by atoms with Crippen molar-refractivity contribution in [1.29, 1.82) is 0 Å². The molecule has 1 amide bonds. The molecule has 6 heteroatoms. The summed E-state index contributed by atoms with van der Waals surface area (Å²) in [6.07, 6.45) is 1.62. The van der Waals surface area contributed by atoms with E-state index in [1.165, 1.54) is 0 Å². The summed E-state index contributed by atoms with van der Waals surface area (Å²) in [5.41, 5.74) is 2.02. The Labute approximate surface area is 170 Å². The van der Waals surface area contributed by atoms with Crippen LogP contribution in [0.2, 0.25) is 0 Å². The number of ether oxygens (including phenoxy) is 2. The van der Waals surface area contributed by atoms with Crippen LogP contribution in [0, 0.1) is 0 Å². The summed E-state index contributed by atoms with van der Waals surface area (Å²) in [6.45, 7) is 3.03. The Kier molecular flexibility index (Phi) is 7.30. The smallest absolute Gasteiger partial charge is 0.234 e. The SMILES string of the molecule is COc1cc(CNC(=O)CN[C@H](C)c2ccco2)ccc1OCc1ccccc1. The highest BCUT2D eigenvalue weighted by Gasteiger charge is 2.11. The first-order valence-electron chi connectivity index (χ1n) is 9.53. The van der Waals surface area contributed by atoms with Gasteiger partial charge in [0.2, 0.25) is 5.91 Å². The normalized spacial score (nSPS) is 11.7. The van der Waals surface area contributed by atoms with Gasteiger partial charge in [0, 0.05) is 6.54 Å². The highest BCUT2D eigenvalue weighted by Crippen LogP contribution is 2.28. The average Bonchev–Trinajstić information content (AvgIpc) is 3.30. The standard InChI is InChI=1S/C23H26N2O4/c1-17(20-9-6-12-28-20)24-15-23(26)25-14-19-10-11-21(22(13-19)27-2)29-16-18-7-4-3-5-8-18/h3-13,17,24H,14-16H2,1-2H3,(H,25,26)/t17-/m1/s1. The third-order valence-corrected chi connectivity index (χ3v) is 4.49. The molecule has 1 aromatic heterocycles. The second-order valence-electron chi connectivity index (χ2n) is 6.65. The van der Waals surface area contributed by atoms with Crippen molar-refractivity contribution in [2.24, 2.45) is 0 Å². The van der Waals surface area contributed by atoms with Gasteiger partial charge in [-0.05, 0) is 42.3 Å². The zero-order valence-electron chi connectivity index (χ0n) is 16.7. The van der Waals surface area contributed by atoms with Gasteiger partial charge in [0.25, 0.3) is 0 Å². The van der Waals surface area contributed by atoms with Crippen LogP contribution in [0.15, 0.2) is 71.3 Å². The summed E-state index contributed by atoms with van der Waals surface area (Å²) in [5, 5.41) is 6.03. The number of hydrogen-bond acceptors (Lipinski definition) is 5. The van der Waals surface area contributed by atoms with E-state index in [4.69, 9.17) is 13.9 Å². The minimum atomic E-state index is -0.0909. The fourth-order valence-electron chi connectivity index (χ4n) is 2.82. The third kappa shape index (κ3) is 6.12. The van der Waals surface area contributed by atoms with Crippen molar-refractivity contribution in [3.63, 3.8) is 0 Å². The maximum Gasteiger partial charge on any atom is 0.234 e. The maximum absolute atomic E-state index is 12.1. The second kappa shape index (κ2) is 10.3. The molecule has 0 unspecified atom stereocenters. The minimum absolute atomic E-state index is 0.0307. The van der Waals surface area contributed by atoms with E-state index in [9.17, 15) is 4.79 Å². The molecule has 1 atom stereocenters. The van der Waals surface area contributed by atoms with Crippen LogP contribution < -0.4 is 20.1 Å². The summed E-state index contributed by atoms with van der Waals surface area (Å²) in [5.74, 6) is 2.01. The van der Waals surface area contributed by atoms with Gasteiger partial charge in [0.1, 0.15) is 12.4 Å². The Morgan fingerprint density at radius 2 is 1.86 bits per heavy atom. The van der Waals surface area contributed by atoms with E-state index in [0.29, 0.717) is 24.7 Å². The van der Waals surface area contributed by atoms with Gasteiger partial charge in [-0.1, -0.05) is 36.4 Å². The van der Waals surface area contributed by atoms with E-state index >= 15 is 0 Å². The predicted octanol–water partition coefficient (Wildman–Crippen LogP) is 3.83. The van der Waals surface area contributed by atoms with E-state index in [0.717, 1.165) is 16.9 Å². The van der Waals surface area contributed by atoms with Gasteiger partial charge in [0.05, 0.1) is 26.0 Å². The monoisotopic (exact) mass is 394 g/mol. The van der Waals surface area contributed by atoms with Crippen molar-refractivity contribution in [2.75, 3.05) is 13.7 Å². The summed E-state index contributed by atoms with van der Waals surface area (Å²) in [4.78, 5) is 12.1. The van der Waals surface area contributed by atoms with E-state index < -0.39 is 0 Å². The molecule has 0 fully saturated rings. The fourth-order valence-corrected chi connectivity index (χ4v) is 2.82. The topological polar surface area (TPSA) is 72.7 Å². The fraction of sp³-hybridized carbons (Fsp3) is 0.261. The van der Waals surface area contributed by atoms with Gasteiger partial charge in [-0.2, -0.15) is 0 Å². The molecule has 0 saturated carbocycles. The van der Waals surface area contributed by atoms with Crippen LogP contribution in [0.5, 0.6) is 11.5 Å². The Morgan fingerprint density at radius 1 is 1.03 bits per heavy atom. The summed E-state index contributed by atoms with van der Waals surface area (Å²) in [7, 11) is 1.60. The van der Waals surface area contributed by atoms with E-state index in [1.54, 1.807) is 13.4 Å². The number of rotatable bonds is 10. The lowest BCUT2D eigenvalue weighted by Gasteiger charge is -2.14. The molecule has 2 N–H and O–H groups in total. The van der Waals surface area contributed by atoms with E-state index in [1.807, 2.05) is 67.6 Å². The first-order valence-corrected chi connectivity index (χ1v) is 9.53. The van der Waals surface area contributed by atoms with Crippen molar-refractivity contribution >= 4 is 5.91 Å². The number of nitrogens with one attached hydrogen (secondary N) is 2. The summed E-state index contributed by atoms with van der Waals surface area (Å²) >= 11 is 0. The van der Waals surface area contributed by atoms with Crippen LogP contribution in [-0.2, 0) is 17.9 Å². The van der Waals surface area contributed by atoms with Gasteiger partial charge in [-0.25, -0.2) is 0 Å². The van der Waals surface area contributed by atoms with Crippen LogP contribution in [0.25, 0.3) is 0 Å². The van der Waals surface area contributed by atoms with Gasteiger partial charge < -0.3 is 19.2 Å². The zero-order valence-corrected chi connectivity index (χ0v) is 16.7. The maximum atomic E-state index is 12.1. The highest BCUT2D eigenvalue weighted by molar-refractivity contribution is 5.78. The molecule has 3 rings (SSSR count). The molecule has 29 heavy (non-hydrogen) atoms. The van der Waals surface area contributed by atoms with Crippen LogP contribution in [-0.4, -0.2) is 19.6 Å². The Morgan fingerprint density at radius 3 is 2.59 bits per heavy atom. The number of amides is 1. The van der Waals surface area contributed by atoms with Crippen molar-refractivity contribution in [3.8, 4) is 11.5 Å². The van der Waals surface area contributed by atoms with Crippen molar-refractivity contribution in [2.45, 2.75) is 26.1 Å². The number of hydrogen-bond donors (Lipinski definition) is 2. The molecule has 152 valence electrons. The number of furan rings is 1. The molecule has 0 saturated heterocycles. The molecule has 0 radical (unpaired) electrons. The Bertz CT molecular complexity index is 895. The van der Waals surface area contributed by atoms with Crippen LogP contribution >= 0.6 is 0 Å². The summed E-state index contributed by atoms with van der Waals surface area (Å²) in [6, 6.07) is 19.3. The zero-order chi connectivity index (χ0) is 20.5. The molecule has 0 aliphatic heterocycles. The van der Waals surface area contributed by atoms with Crippen molar-refractivity contribution in [3.05, 3.63) is 83.8 Å². The Hall–Kier alpha value is -3.25. The number of benzene rings is 2.